The van der Waals surface area contributed by atoms with Crippen LogP contribution in [-0.2, 0) is 38.5 Å². The molecule has 6 N–H and O–H groups in total. The summed E-state index contributed by atoms with van der Waals surface area (Å²) in [4.78, 5) is 87.3. The van der Waals surface area contributed by atoms with Crippen molar-refractivity contribution in [2.75, 3.05) is 25.2 Å². The van der Waals surface area contributed by atoms with E-state index in [0.29, 0.717) is 24.8 Å². The number of carbonyl (C=O) groups is 6. The molecular weight excluding hydrogens is 1000 g/mol. The number of aliphatic imine (C=N–C) groups is 1. The van der Waals surface area contributed by atoms with E-state index < -0.39 is 99.7 Å². The lowest BCUT2D eigenvalue weighted by atomic mass is 9.83. The molecule has 0 heterocycles. The molecule has 2 aliphatic carbocycles. The Hall–Kier alpha value is -8.19. The van der Waals surface area contributed by atoms with Crippen LogP contribution >= 0.6 is 0 Å². The molecule has 0 radical (unpaired) electrons. The fourth-order valence-electron chi connectivity index (χ4n) is 9.89. The Morgan fingerprint density at radius 1 is 0.675 bits per heavy atom. The molecule has 6 amide bonds. The number of ketones is 1. The van der Waals surface area contributed by atoms with Crippen LogP contribution in [0.3, 0.4) is 0 Å². The average Bonchev–Trinajstić information content (AvgIpc) is 3.79. The van der Waals surface area contributed by atoms with Crippen LogP contribution in [0.2, 0.25) is 0 Å². The molecule has 0 aromatic heterocycles. The van der Waals surface area contributed by atoms with Crippen molar-refractivity contribution in [3.05, 3.63) is 167 Å². The second-order valence-electron chi connectivity index (χ2n) is 19.3. The van der Waals surface area contributed by atoms with Crippen molar-refractivity contribution in [1.29, 1.82) is 0 Å². The summed E-state index contributed by atoms with van der Waals surface area (Å²) in [6.07, 6.45) is 3.67. The van der Waals surface area contributed by atoms with Crippen molar-refractivity contribution in [3.63, 3.8) is 0 Å². The molecule has 77 heavy (non-hydrogen) atoms. The van der Waals surface area contributed by atoms with Gasteiger partial charge in [0.1, 0.15) is 39.8 Å². The molecule has 0 aliphatic heterocycles. The Morgan fingerprint density at radius 3 is 1.75 bits per heavy atom. The average molecular weight is 1070 g/mol. The number of fused-ring (bicyclic) bond motifs is 3. The summed E-state index contributed by atoms with van der Waals surface area (Å²) in [5.41, 5.74) is 7.87. The van der Waals surface area contributed by atoms with Crippen LogP contribution in [0.1, 0.15) is 105 Å². The standard InChI is InChI=1S/C58H66N8O10S/c1-4-21-47(53(55(70)59-34-49(68)62-50(37(2)67)38-22-9-5-10-23-38)65-66-57(72)63-51(39-24-11-6-12-25-39)40-26-13-7-14-27-40)60-54(69)48(36-77(3,74)75)61-56(71)52(41-28-15-8-16-29-41)64-58(73)76-35-46-44-32-19-17-30-42(44)43-31-18-20-33-45(43)46/h5-7,9-14,17-20,22-27,30-33,41,46-48,50-52H,4,8,15-16,21,28-29,34-36H2,1-3H3,(H,59,70)(H,60,69)(H,61,71)(H,62,68)(H,64,73)(H2,63,66,72)/p-1/t47-,48-,50+,52+/m0/s1. The Balaban J connectivity index is 1.13. The van der Waals surface area contributed by atoms with Crippen molar-refractivity contribution in [1.82, 2.24) is 32.0 Å². The van der Waals surface area contributed by atoms with Gasteiger partial charge in [0.2, 0.25) is 17.7 Å². The van der Waals surface area contributed by atoms with E-state index in [0.717, 1.165) is 58.9 Å². The van der Waals surface area contributed by atoms with Crippen molar-refractivity contribution < 1.29 is 47.0 Å². The second kappa shape index (κ2) is 27.0. The van der Waals surface area contributed by atoms with Gasteiger partial charge in [-0.2, -0.15) is 5.10 Å². The molecule has 2 aliphatic rings. The van der Waals surface area contributed by atoms with Crippen molar-refractivity contribution in [3.8, 4) is 11.1 Å². The number of sulfone groups is 1. The van der Waals surface area contributed by atoms with Gasteiger partial charge in [-0.3, -0.25) is 29.0 Å². The number of amides is 6. The molecule has 404 valence electrons. The quantitative estimate of drug-likeness (QED) is 0.0279. The first kappa shape index (κ1) is 56.5. The number of nitrogens with zero attached hydrogens (tertiary/aromatic N) is 2. The first-order valence-corrected chi connectivity index (χ1v) is 27.9. The Kier molecular flexibility index (Phi) is 19.8. The predicted molar refractivity (Wildman–Crippen MR) is 291 cm³/mol. The minimum absolute atomic E-state index is 0.00802. The van der Waals surface area contributed by atoms with E-state index in [1.807, 2.05) is 109 Å². The van der Waals surface area contributed by atoms with Crippen LogP contribution in [0.25, 0.3) is 11.1 Å². The Labute approximate surface area is 448 Å². The zero-order valence-electron chi connectivity index (χ0n) is 43.3. The third kappa shape index (κ3) is 15.7. The molecule has 5 aromatic rings. The molecule has 1 fully saturated rings. The summed E-state index contributed by atoms with van der Waals surface area (Å²) in [5.74, 6) is -5.62. The van der Waals surface area contributed by atoms with Gasteiger partial charge in [0.15, 0.2) is 5.78 Å². The van der Waals surface area contributed by atoms with E-state index in [1.54, 1.807) is 37.3 Å². The van der Waals surface area contributed by atoms with Gasteiger partial charge < -0.3 is 36.4 Å². The van der Waals surface area contributed by atoms with E-state index >= 15 is 0 Å². The molecule has 4 atom stereocenters. The van der Waals surface area contributed by atoms with Gasteiger partial charge in [0, 0.05) is 18.8 Å². The molecule has 0 unspecified atom stereocenters. The minimum Gasteiger partial charge on any atom is -0.599 e. The van der Waals surface area contributed by atoms with Crippen LogP contribution in [0, 0.1) is 5.92 Å². The smallest absolute Gasteiger partial charge is 0.335 e. The highest BCUT2D eigenvalue weighted by Gasteiger charge is 2.36. The van der Waals surface area contributed by atoms with Gasteiger partial charge in [-0.1, -0.05) is 172 Å². The van der Waals surface area contributed by atoms with E-state index in [2.05, 4.69) is 42.1 Å². The number of benzene rings is 5. The number of urea groups is 1. The summed E-state index contributed by atoms with van der Waals surface area (Å²) in [7, 11) is -4.01. The minimum atomic E-state index is -4.01. The maximum absolute atomic E-state index is 14.5. The number of carbonyl (C=O) groups excluding carboxylic acids is 6. The van der Waals surface area contributed by atoms with E-state index in [4.69, 9.17) is 4.74 Å². The van der Waals surface area contributed by atoms with Gasteiger partial charge in [0.05, 0.1) is 24.4 Å². The lowest BCUT2D eigenvalue weighted by Crippen LogP contribution is -2.58. The second-order valence-corrected chi connectivity index (χ2v) is 21.5. The Morgan fingerprint density at radius 2 is 1.21 bits per heavy atom. The fourth-order valence-corrected chi connectivity index (χ4v) is 10.7. The molecule has 18 nitrogen and oxygen atoms in total. The van der Waals surface area contributed by atoms with Crippen LogP contribution < -0.4 is 37.1 Å². The summed E-state index contributed by atoms with van der Waals surface area (Å²) in [5, 5.41) is 31.1. The summed E-state index contributed by atoms with van der Waals surface area (Å²) in [6.45, 7) is 2.33. The number of hydrogen-bond donors (Lipinski definition) is 6. The van der Waals surface area contributed by atoms with E-state index in [1.165, 1.54) is 6.92 Å². The van der Waals surface area contributed by atoms with Gasteiger partial charge in [0.25, 0.3) is 5.91 Å². The maximum atomic E-state index is 14.5. The van der Waals surface area contributed by atoms with Crippen LogP contribution in [0.5, 0.6) is 0 Å². The number of hydrazone groups is 1. The molecule has 0 spiro atoms. The zero-order valence-corrected chi connectivity index (χ0v) is 44.1. The highest BCUT2D eigenvalue weighted by molar-refractivity contribution is 7.90. The molecule has 0 saturated heterocycles. The van der Waals surface area contributed by atoms with Crippen LogP contribution in [0.15, 0.2) is 150 Å². The van der Waals surface area contributed by atoms with Crippen molar-refractivity contribution >= 4 is 57.1 Å². The van der Waals surface area contributed by atoms with Gasteiger partial charge >= 0.3 is 6.03 Å². The maximum Gasteiger partial charge on any atom is 0.335 e. The molecule has 5 aromatic carbocycles. The molecule has 19 heteroatoms. The molecule has 1 saturated carbocycles. The Bertz CT molecular complexity index is 2960. The summed E-state index contributed by atoms with van der Waals surface area (Å²) < 4.78 is 31.8. The topological polar surface area (TPSA) is 266 Å². The predicted octanol–water partition coefficient (Wildman–Crippen LogP) is 5.30. The fraction of sp³-hybridized carbons (Fsp3) is 0.345. The number of Topliss-reactive ketones (excluding diaryl/α,β-unsaturated/α-hetero) is 1. The summed E-state index contributed by atoms with van der Waals surface area (Å²) >= 11 is 0. The van der Waals surface area contributed by atoms with E-state index in [9.17, 15) is 42.3 Å². The normalized spacial score (nSPS) is 15.4. The number of nitrogens with one attached hydrogen (secondary N) is 6. The zero-order chi connectivity index (χ0) is 54.9. The third-order valence-electron chi connectivity index (χ3n) is 13.6. The number of hydrogen-bond acceptors (Lipinski definition) is 12. The highest BCUT2D eigenvalue weighted by Crippen LogP contribution is 2.44. The third-order valence-corrected chi connectivity index (χ3v) is 14.5. The number of ether oxygens (including phenoxy) is 1. The first-order chi connectivity index (χ1) is 37.1. The molecule has 7 rings (SSSR count). The number of rotatable bonds is 23. The first-order valence-electron chi connectivity index (χ1n) is 25.8. The van der Waals surface area contributed by atoms with Crippen LogP contribution in [0.4, 0.5) is 4.79 Å². The molecular formula is C58H65N8O10S-. The monoisotopic (exact) mass is 1070 g/mol. The van der Waals surface area contributed by atoms with Gasteiger partial charge in [-0.05, 0) is 71.0 Å². The lowest BCUT2D eigenvalue weighted by Gasteiger charge is -2.30. The van der Waals surface area contributed by atoms with Crippen molar-refractivity contribution in [2.24, 2.45) is 16.0 Å². The largest absolute Gasteiger partial charge is 0.599 e. The van der Waals surface area contributed by atoms with Crippen molar-refractivity contribution in [2.45, 2.75) is 94.9 Å². The molecule has 0 bridgehead atoms. The van der Waals surface area contributed by atoms with Gasteiger partial charge in [-0.25, -0.2) is 18.6 Å². The SMILES string of the molecule is CCC[C@H](NC(=O)[C@H](CS(C)(=O)=O)NC(=O)[C@H](N=C([O-])OCC1c2ccccc2-c2ccccc21)C1CCCCC1)C(=NNC(=O)NC(c1ccccc1)c1ccccc1)C(=O)NCC(=O)N[C@H](C(C)=O)c1ccccc1. The lowest BCUT2D eigenvalue weighted by molar-refractivity contribution is -0.251. The van der Waals surface area contributed by atoms with Crippen LogP contribution in [-0.4, -0.2) is 98.9 Å². The van der Waals surface area contributed by atoms with Gasteiger partial charge in [-0.15, -0.1) is 0 Å². The highest BCUT2D eigenvalue weighted by atomic mass is 32.2. The summed E-state index contributed by atoms with van der Waals surface area (Å²) in [6, 6.07) is 35.3. The van der Waals surface area contributed by atoms with E-state index in [-0.39, 0.29) is 24.7 Å².